The van der Waals surface area contributed by atoms with Crippen LogP contribution >= 0.6 is 0 Å². The lowest BCUT2D eigenvalue weighted by Gasteiger charge is -2.40. The van der Waals surface area contributed by atoms with E-state index in [-0.39, 0.29) is 39.1 Å². The van der Waals surface area contributed by atoms with Crippen molar-refractivity contribution in [1.29, 1.82) is 0 Å². The van der Waals surface area contributed by atoms with Gasteiger partial charge in [-0.15, -0.1) is 0 Å². The van der Waals surface area contributed by atoms with E-state index in [1.54, 1.807) is 6.92 Å². The number of rotatable bonds is 8. The van der Waals surface area contributed by atoms with E-state index in [9.17, 15) is 28.4 Å². The van der Waals surface area contributed by atoms with Gasteiger partial charge in [0.25, 0.3) is 5.69 Å². The van der Waals surface area contributed by atoms with E-state index >= 15 is 0 Å². The second kappa shape index (κ2) is 9.63. The van der Waals surface area contributed by atoms with E-state index in [0.717, 1.165) is 5.56 Å². The predicted molar refractivity (Wildman–Crippen MR) is 132 cm³/mol. The highest BCUT2D eigenvalue weighted by atomic mass is 32.2. The van der Waals surface area contributed by atoms with Crippen LogP contribution in [0.1, 0.15) is 24.5 Å². The van der Waals surface area contributed by atoms with Crippen molar-refractivity contribution in [3.8, 4) is 0 Å². The molecule has 1 fully saturated rings. The van der Waals surface area contributed by atoms with Crippen molar-refractivity contribution in [2.75, 3.05) is 19.3 Å². The minimum atomic E-state index is -3.75. The molecule has 2 atom stereocenters. The minimum Gasteiger partial charge on any atom is -0.478 e. The molecule has 2 N–H and O–H groups in total. The van der Waals surface area contributed by atoms with Gasteiger partial charge < -0.3 is 15.3 Å². The summed E-state index contributed by atoms with van der Waals surface area (Å²) in [4.78, 5) is 25.2. The standard InChI is InChI=1S/C25H27N3O6S/c1-16-22(25(29)30)23(18-9-6-10-20(14-18)28(31)32)24-21(11-12-35(24,33)34)27(16)15-19(26-2)13-17-7-4-3-5-8-17/h3-10,14,19,21,26H,11-13,15H2,1-2H3,(H,29,30). The number of carboxylic acids is 1. The zero-order valence-corrected chi connectivity index (χ0v) is 20.3. The molecule has 1 saturated heterocycles. The van der Waals surface area contributed by atoms with Gasteiger partial charge in [-0.05, 0) is 37.9 Å². The Hall–Kier alpha value is -3.50. The molecule has 0 radical (unpaired) electrons. The topological polar surface area (TPSA) is 130 Å². The van der Waals surface area contributed by atoms with Crippen LogP contribution < -0.4 is 5.32 Å². The normalized spacial score (nSPS) is 20.1. The lowest BCUT2D eigenvalue weighted by atomic mass is 9.88. The molecule has 2 heterocycles. The number of aliphatic carboxylic acids is 1. The Morgan fingerprint density at radius 1 is 1.23 bits per heavy atom. The molecule has 35 heavy (non-hydrogen) atoms. The van der Waals surface area contributed by atoms with Gasteiger partial charge in [0, 0.05) is 36.0 Å². The molecule has 4 rings (SSSR count). The van der Waals surface area contributed by atoms with Crippen LogP contribution in [-0.2, 0) is 21.1 Å². The number of carboxylic acid groups (broad SMARTS) is 1. The Bertz CT molecular complexity index is 1330. The first kappa shape index (κ1) is 24.6. The molecule has 2 aromatic carbocycles. The number of non-ortho nitro benzene ring substituents is 1. The molecule has 0 saturated carbocycles. The molecular weight excluding hydrogens is 470 g/mol. The molecule has 2 aliphatic heterocycles. The van der Waals surface area contributed by atoms with Gasteiger partial charge in [0.05, 0.1) is 27.2 Å². The molecule has 2 aromatic rings. The third-order valence-electron chi connectivity index (χ3n) is 6.67. The van der Waals surface area contributed by atoms with Crippen LogP contribution in [0.25, 0.3) is 5.57 Å². The summed E-state index contributed by atoms with van der Waals surface area (Å²) in [6.07, 6.45) is 1.00. The summed E-state index contributed by atoms with van der Waals surface area (Å²) >= 11 is 0. The smallest absolute Gasteiger partial charge is 0.338 e. The van der Waals surface area contributed by atoms with Crippen LogP contribution in [0.2, 0.25) is 0 Å². The number of allylic oxidation sites excluding steroid dienone is 1. The second-order valence-corrected chi connectivity index (χ2v) is 10.8. The van der Waals surface area contributed by atoms with Crippen molar-refractivity contribution in [2.24, 2.45) is 0 Å². The highest BCUT2D eigenvalue weighted by molar-refractivity contribution is 7.95. The first-order valence-electron chi connectivity index (χ1n) is 11.3. The van der Waals surface area contributed by atoms with Crippen molar-refractivity contribution in [3.63, 3.8) is 0 Å². The Labute approximate surface area is 203 Å². The number of hydrogen-bond acceptors (Lipinski definition) is 7. The number of nitrogens with zero attached hydrogens (tertiary/aromatic N) is 2. The van der Waals surface area contributed by atoms with Gasteiger partial charge in [-0.1, -0.05) is 42.5 Å². The number of sulfone groups is 1. The van der Waals surface area contributed by atoms with E-state index in [1.165, 1.54) is 24.3 Å². The van der Waals surface area contributed by atoms with Crippen molar-refractivity contribution in [3.05, 3.63) is 92.0 Å². The average molecular weight is 498 g/mol. The number of nitro benzene ring substituents is 1. The molecule has 0 bridgehead atoms. The van der Waals surface area contributed by atoms with Crippen molar-refractivity contribution in [1.82, 2.24) is 10.2 Å². The lowest BCUT2D eigenvalue weighted by Crippen LogP contribution is -2.47. The molecule has 0 aromatic heterocycles. The van der Waals surface area contributed by atoms with E-state index in [1.807, 2.05) is 42.3 Å². The Balaban J connectivity index is 1.83. The summed E-state index contributed by atoms with van der Waals surface area (Å²) in [6, 6.07) is 14.8. The van der Waals surface area contributed by atoms with Crippen LogP contribution in [0.5, 0.6) is 0 Å². The number of hydrogen-bond donors (Lipinski definition) is 2. The molecule has 2 unspecified atom stereocenters. The van der Waals surface area contributed by atoms with E-state index in [4.69, 9.17) is 0 Å². The van der Waals surface area contributed by atoms with Gasteiger partial charge in [-0.25, -0.2) is 13.2 Å². The fourth-order valence-corrected chi connectivity index (χ4v) is 6.94. The number of nitro groups is 1. The first-order chi connectivity index (χ1) is 16.6. The maximum atomic E-state index is 13.2. The number of benzene rings is 2. The fraction of sp³-hybridized carbons (Fsp3) is 0.320. The lowest BCUT2D eigenvalue weighted by molar-refractivity contribution is -0.384. The molecule has 0 aliphatic carbocycles. The second-order valence-electron chi connectivity index (χ2n) is 8.76. The van der Waals surface area contributed by atoms with Gasteiger partial charge >= 0.3 is 5.97 Å². The summed E-state index contributed by atoms with van der Waals surface area (Å²) in [6.45, 7) is 2.08. The summed E-state index contributed by atoms with van der Waals surface area (Å²) in [5.41, 5.74) is 1.45. The van der Waals surface area contributed by atoms with Gasteiger partial charge in [-0.3, -0.25) is 10.1 Å². The van der Waals surface area contributed by atoms with Gasteiger partial charge in [-0.2, -0.15) is 0 Å². The van der Waals surface area contributed by atoms with Crippen LogP contribution in [-0.4, -0.2) is 60.7 Å². The SMILES string of the molecule is CNC(Cc1ccccc1)CN1C(C)=C(C(=O)O)C(c2cccc([N+](=O)[O-])c2)=C2C1CCS2(=O)=O. The zero-order chi connectivity index (χ0) is 25.3. The summed E-state index contributed by atoms with van der Waals surface area (Å²) in [5.74, 6) is -1.38. The number of fused-ring (bicyclic) bond motifs is 1. The van der Waals surface area contributed by atoms with Crippen LogP contribution in [0, 0.1) is 10.1 Å². The zero-order valence-electron chi connectivity index (χ0n) is 19.5. The van der Waals surface area contributed by atoms with Crippen LogP contribution in [0.15, 0.2) is 70.8 Å². The van der Waals surface area contributed by atoms with Crippen molar-refractivity contribution < 1.29 is 23.2 Å². The molecule has 184 valence electrons. The molecule has 10 heteroatoms. The third kappa shape index (κ3) is 4.71. The first-order valence-corrected chi connectivity index (χ1v) is 12.9. The highest BCUT2D eigenvalue weighted by Gasteiger charge is 2.46. The molecule has 9 nitrogen and oxygen atoms in total. The van der Waals surface area contributed by atoms with E-state index in [2.05, 4.69) is 5.32 Å². The summed E-state index contributed by atoms with van der Waals surface area (Å²) in [7, 11) is -1.93. The summed E-state index contributed by atoms with van der Waals surface area (Å²) in [5, 5.41) is 24.8. The minimum absolute atomic E-state index is 0.0376. The Morgan fingerprint density at radius 2 is 1.94 bits per heavy atom. The molecule has 0 amide bonds. The van der Waals surface area contributed by atoms with Crippen LogP contribution in [0.3, 0.4) is 0 Å². The van der Waals surface area contributed by atoms with Crippen molar-refractivity contribution in [2.45, 2.75) is 31.8 Å². The van der Waals surface area contributed by atoms with Gasteiger partial charge in [0.1, 0.15) is 0 Å². The Kier molecular flexibility index (Phi) is 6.77. The summed E-state index contributed by atoms with van der Waals surface area (Å²) < 4.78 is 26.4. The maximum Gasteiger partial charge on any atom is 0.338 e. The van der Waals surface area contributed by atoms with Crippen molar-refractivity contribution >= 4 is 27.1 Å². The van der Waals surface area contributed by atoms with Crippen LogP contribution in [0.4, 0.5) is 5.69 Å². The monoisotopic (exact) mass is 497 g/mol. The predicted octanol–water partition coefficient (Wildman–Crippen LogP) is 3.00. The molecular formula is C25H27N3O6S. The average Bonchev–Trinajstić information content (AvgIpc) is 3.14. The Morgan fingerprint density at radius 3 is 2.57 bits per heavy atom. The molecule has 2 aliphatic rings. The number of nitrogens with one attached hydrogen (secondary N) is 1. The van der Waals surface area contributed by atoms with Gasteiger partial charge in [0.2, 0.25) is 0 Å². The molecule has 0 spiro atoms. The number of likely N-dealkylation sites (N-methyl/N-ethyl adjacent to an activating group) is 1. The van der Waals surface area contributed by atoms with E-state index < -0.39 is 26.8 Å². The van der Waals surface area contributed by atoms with E-state index in [0.29, 0.717) is 25.1 Å². The van der Waals surface area contributed by atoms with Gasteiger partial charge in [0.15, 0.2) is 9.84 Å². The quantitative estimate of drug-likeness (QED) is 0.421. The largest absolute Gasteiger partial charge is 0.478 e. The fourth-order valence-electron chi connectivity index (χ4n) is 5.00. The number of carbonyl (C=O) groups is 1. The third-order valence-corrected chi connectivity index (χ3v) is 8.59. The maximum absolute atomic E-state index is 13.2. The highest BCUT2D eigenvalue weighted by Crippen LogP contribution is 2.45.